The largest absolute Gasteiger partial charge is 0.481 e. The van der Waals surface area contributed by atoms with Crippen LogP contribution in [0.25, 0.3) is 0 Å². The lowest BCUT2D eigenvalue weighted by Crippen LogP contribution is -2.19. The minimum absolute atomic E-state index is 0.239. The Morgan fingerprint density at radius 2 is 1.89 bits per heavy atom. The molecule has 148 valence electrons. The number of esters is 1. The van der Waals surface area contributed by atoms with Gasteiger partial charge in [-0.25, -0.2) is 4.79 Å². The number of nitrogens with one attached hydrogen (secondary N) is 1. The number of halogens is 2. The van der Waals surface area contributed by atoms with Crippen molar-refractivity contribution in [3.05, 3.63) is 51.5 Å². The Hall–Kier alpha value is -2.03. The van der Waals surface area contributed by atoms with Gasteiger partial charge in [0.05, 0.1) is 10.2 Å². The maximum absolute atomic E-state index is 12.3. The SMILES string of the molecule is CSc1ccc(C(=O)COC(=O)COc2ccc(Cl)cc2Br)cc1NC(C)=O. The molecule has 0 spiro atoms. The Balaban J connectivity index is 1.92. The van der Waals surface area contributed by atoms with Gasteiger partial charge < -0.3 is 14.8 Å². The molecule has 0 aliphatic rings. The Bertz CT molecular complexity index is 906. The summed E-state index contributed by atoms with van der Waals surface area (Å²) < 4.78 is 10.9. The molecule has 0 saturated carbocycles. The zero-order valence-corrected chi connectivity index (χ0v) is 18.2. The molecule has 2 aromatic rings. The maximum Gasteiger partial charge on any atom is 0.344 e. The average Bonchev–Trinajstić information content (AvgIpc) is 2.64. The summed E-state index contributed by atoms with van der Waals surface area (Å²) in [4.78, 5) is 36.3. The fourth-order valence-corrected chi connectivity index (χ4v) is 3.50. The third-order valence-electron chi connectivity index (χ3n) is 3.44. The fraction of sp³-hybridized carbons (Fsp3) is 0.211. The Morgan fingerprint density at radius 1 is 1.14 bits per heavy atom. The summed E-state index contributed by atoms with van der Waals surface area (Å²) in [6.45, 7) is 0.609. The van der Waals surface area contributed by atoms with Crippen molar-refractivity contribution in [1.82, 2.24) is 0 Å². The molecule has 2 rings (SSSR count). The van der Waals surface area contributed by atoms with Crippen LogP contribution in [0.3, 0.4) is 0 Å². The lowest BCUT2D eigenvalue weighted by molar-refractivity contribution is -0.144. The standard InChI is InChI=1S/C19H17BrClNO5S/c1-11(23)22-15-7-12(3-6-18(15)28-2)16(24)9-27-19(25)10-26-17-5-4-13(21)8-14(17)20/h3-8H,9-10H2,1-2H3,(H,22,23). The first kappa shape index (κ1) is 22.3. The summed E-state index contributed by atoms with van der Waals surface area (Å²) in [5, 5.41) is 3.20. The van der Waals surface area contributed by atoms with Gasteiger partial charge in [0.15, 0.2) is 19.0 Å². The molecule has 28 heavy (non-hydrogen) atoms. The van der Waals surface area contributed by atoms with Gasteiger partial charge in [-0.2, -0.15) is 0 Å². The molecule has 0 radical (unpaired) electrons. The van der Waals surface area contributed by atoms with E-state index in [1.807, 2.05) is 6.26 Å². The summed E-state index contributed by atoms with van der Waals surface area (Å²) in [5.74, 6) is -0.879. The van der Waals surface area contributed by atoms with E-state index in [-0.39, 0.29) is 18.3 Å². The van der Waals surface area contributed by atoms with Gasteiger partial charge in [-0.15, -0.1) is 11.8 Å². The molecule has 1 amide bonds. The number of hydrogen-bond acceptors (Lipinski definition) is 6. The van der Waals surface area contributed by atoms with Crippen molar-refractivity contribution in [2.75, 3.05) is 24.8 Å². The summed E-state index contributed by atoms with van der Waals surface area (Å²) in [5.41, 5.74) is 0.865. The van der Waals surface area contributed by atoms with Gasteiger partial charge in [0.1, 0.15) is 5.75 Å². The predicted molar refractivity (Wildman–Crippen MR) is 112 cm³/mol. The highest BCUT2D eigenvalue weighted by molar-refractivity contribution is 9.10. The number of anilines is 1. The van der Waals surface area contributed by atoms with Crippen molar-refractivity contribution in [2.24, 2.45) is 0 Å². The summed E-state index contributed by atoms with van der Waals surface area (Å²) in [7, 11) is 0. The highest BCUT2D eigenvalue weighted by Crippen LogP contribution is 2.28. The molecule has 0 saturated heterocycles. The summed E-state index contributed by atoms with van der Waals surface area (Å²) in [6.07, 6.45) is 1.86. The molecule has 0 aromatic heterocycles. The van der Waals surface area contributed by atoms with Crippen molar-refractivity contribution in [3.8, 4) is 5.75 Å². The molecule has 2 aromatic carbocycles. The van der Waals surface area contributed by atoms with Gasteiger partial charge >= 0.3 is 5.97 Å². The quantitative estimate of drug-likeness (QED) is 0.334. The van der Waals surface area contributed by atoms with E-state index >= 15 is 0 Å². The molecule has 0 unspecified atom stereocenters. The van der Waals surface area contributed by atoms with Gasteiger partial charge in [0, 0.05) is 22.4 Å². The first-order valence-electron chi connectivity index (χ1n) is 8.02. The predicted octanol–water partition coefficient (Wildman–Crippen LogP) is 4.59. The zero-order valence-electron chi connectivity index (χ0n) is 15.1. The van der Waals surface area contributed by atoms with Gasteiger partial charge in [-0.05, 0) is 52.5 Å². The van der Waals surface area contributed by atoms with E-state index in [2.05, 4.69) is 21.2 Å². The summed E-state index contributed by atoms with van der Waals surface area (Å²) >= 11 is 10.6. The number of hydrogen-bond donors (Lipinski definition) is 1. The zero-order chi connectivity index (χ0) is 20.7. The molecule has 0 aliphatic heterocycles. The van der Waals surface area contributed by atoms with Crippen LogP contribution in [-0.2, 0) is 14.3 Å². The molecule has 0 atom stereocenters. The van der Waals surface area contributed by atoms with Crippen LogP contribution in [0.1, 0.15) is 17.3 Å². The van der Waals surface area contributed by atoms with Crippen molar-refractivity contribution < 1.29 is 23.9 Å². The topological polar surface area (TPSA) is 81.7 Å². The van der Waals surface area contributed by atoms with Crippen LogP contribution < -0.4 is 10.1 Å². The van der Waals surface area contributed by atoms with Crippen LogP contribution in [-0.4, -0.2) is 37.1 Å². The van der Waals surface area contributed by atoms with Crippen molar-refractivity contribution in [1.29, 1.82) is 0 Å². The Morgan fingerprint density at radius 3 is 2.54 bits per heavy atom. The molecule has 0 bridgehead atoms. The van der Waals surface area contributed by atoms with Crippen LogP contribution in [0, 0.1) is 0 Å². The monoisotopic (exact) mass is 485 g/mol. The molecular weight excluding hydrogens is 470 g/mol. The minimum atomic E-state index is -0.682. The maximum atomic E-state index is 12.3. The normalized spacial score (nSPS) is 10.3. The van der Waals surface area contributed by atoms with Crippen LogP contribution in [0.5, 0.6) is 5.75 Å². The molecule has 0 fully saturated rings. The highest BCUT2D eigenvalue weighted by atomic mass is 79.9. The Kier molecular flexibility index (Phi) is 8.35. The van der Waals surface area contributed by atoms with Gasteiger partial charge in [0.2, 0.25) is 5.91 Å². The number of benzene rings is 2. The number of thioether (sulfide) groups is 1. The minimum Gasteiger partial charge on any atom is -0.481 e. The third-order valence-corrected chi connectivity index (χ3v) is 5.09. The molecule has 6 nitrogen and oxygen atoms in total. The van der Waals surface area contributed by atoms with Gasteiger partial charge in [0.25, 0.3) is 0 Å². The summed E-state index contributed by atoms with van der Waals surface area (Å²) in [6, 6.07) is 9.78. The average molecular weight is 487 g/mol. The second-order valence-electron chi connectivity index (χ2n) is 5.54. The number of ketones is 1. The van der Waals surface area contributed by atoms with Crippen molar-refractivity contribution >= 4 is 62.6 Å². The van der Waals surface area contributed by atoms with Crippen molar-refractivity contribution in [2.45, 2.75) is 11.8 Å². The Labute approximate surface area is 180 Å². The van der Waals surface area contributed by atoms with E-state index in [0.717, 1.165) is 4.90 Å². The lowest BCUT2D eigenvalue weighted by Gasteiger charge is -2.11. The van der Waals surface area contributed by atoms with E-state index in [4.69, 9.17) is 21.1 Å². The number of carbonyl (C=O) groups is 3. The van der Waals surface area contributed by atoms with E-state index in [1.165, 1.54) is 18.7 Å². The van der Waals surface area contributed by atoms with Crippen LogP contribution in [0.2, 0.25) is 5.02 Å². The smallest absolute Gasteiger partial charge is 0.344 e. The van der Waals surface area contributed by atoms with Gasteiger partial charge in [-0.3, -0.25) is 9.59 Å². The number of rotatable bonds is 8. The number of ether oxygens (including phenoxy) is 2. The lowest BCUT2D eigenvalue weighted by atomic mass is 10.1. The van der Waals surface area contributed by atoms with Gasteiger partial charge in [-0.1, -0.05) is 17.7 Å². The number of amides is 1. The van der Waals surface area contributed by atoms with Crippen LogP contribution in [0.4, 0.5) is 5.69 Å². The molecule has 0 aliphatic carbocycles. The molecule has 0 heterocycles. The first-order valence-corrected chi connectivity index (χ1v) is 10.4. The van der Waals surface area contributed by atoms with Crippen molar-refractivity contribution in [3.63, 3.8) is 0 Å². The van der Waals surface area contributed by atoms with Crippen LogP contribution in [0.15, 0.2) is 45.8 Å². The van der Waals surface area contributed by atoms with E-state index < -0.39 is 12.6 Å². The van der Waals surface area contributed by atoms with Crippen LogP contribution >= 0.6 is 39.3 Å². The molecule has 1 N–H and O–H groups in total. The second-order valence-corrected chi connectivity index (χ2v) is 7.68. The fourth-order valence-electron chi connectivity index (χ4n) is 2.17. The molecular formula is C19H17BrClNO5S. The second kappa shape index (κ2) is 10.5. The first-order chi connectivity index (χ1) is 13.3. The highest BCUT2D eigenvalue weighted by Gasteiger charge is 2.14. The van der Waals surface area contributed by atoms with E-state index in [0.29, 0.717) is 26.5 Å². The number of Topliss-reactive ketones (excluding diaryl/α,β-unsaturated/α-hetero) is 1. The third kappa shape index (κ3) is 6.54. The van der Waals surface area contributed by atoms with E-state index in [9.17, 15) is 14.4 Å². The molecule has 9 heteroatoms. The number of carbonyl (C=O) groups excluding carboxylic acids is 3. The van der Waals surface area contributed by atoms with E-state index in [1.54, 1.807) is 36.4 Å².